The summed E-state index contributed by atoms with van der Waals surface area (Å²) in [7, 11) is -0.687. The summed E-state index contributed by atoms with van der Waals surface area (Å²) in [6.07, 6.45) is 8.08. The molecule has 1 fully saturated rings. The van der Waals surface area contributed by atoms with Gasteiger partial charge in [-0.25, -0.2) is 0 Å². The van der Waals surface area contributed by atoms with E-state index < -0.39 is 9.04 Å². The molecule has 0 aromatic heterocycles. The fourth-order valence-electron chi connectivity index (χ4n) is 3.46. The minimum Gasteiger partial charge on any atom is -0.542 e. The Bertz CT molecular complexity index is 484. The third-order valence-electron chi connectivity index (χ3n) is 4.34. The maximum absolute atomic E-state index is 6.28. The summed E-state index contributed by atoms with van der Waals surface area (Å²) in [4.78, 5) is 0. The van der Waals surface area contributed by atoms with E-state index in [0.717, 1.165) is 12.3 Å². The molecule has 0 atom stereocenters. The summed E-state index contributed by atoms with van der Waals surface area (Å²) in [5.41, 5.74) is 4.45. The number of rotatable bonds is 3. The van der Waals surface area contributed by atoms with Crippen LogP contribution < -0.4 is 0 Å². The topological polar surface area (TPSA) is 9.23 Å². The van der Waals surface area contributed by atoms with E-state index in [1.54, 1.807) is 5.57 Å². The Balaban J connectivity index is 1.94. The van der Waals surface area contributed by atoms with Crippen molar-refractivity contribution in [3.05, 3.63) is 41.0 Å². The van der Waals surface area contributed by atoms with Gasteiger partial charge in [0.2, 0.25) is 0 Å². The smallest absolute Gasteiger partial charge is 0.274 e. The van der Waals surface area contributed by atoms with Crippen molar-refractivity contribution in [1.29, 1.82) is 0 Å². The molecule has 19 heavy (non-hydrogen) atoms. The lowest BCUT2D eigenvalue weighted by atomic mass is 9.83. The molecule has 3 rings (SSSR count). The predicted octanol–water partition coefficient (Wildman–Crippen LogP) is 4.80. The highest BCUT2D eigenvalue weighted by Crippen LogP contribution is 2.42. The molecule has 1 radical (unpaired) electrons. The lowest BCUT2D eigenvalue weighted by Crippen LogP contribution is -2.13. The Morgan fingerprint density at radius 2 is 1.79 bits per heavy atom. The average Bonchev–Trinajstić information content (AvgIpc) is 2.78. The molecule has 1 nitrogen and oxygen atoms in total. The van der Waals surface area contributed by atoms with Crippen molar-refractivity contribution in [3.8, 4) is 0 Å². The summed E-state index contributed by atoms with van der Waals surface area (Å²) in [6.45, 7) is 4.47. The second-order valence-corrected chi connectivity index (χ2v) is 8.05. The zero-order chi connectivity index (χ0) is 13.2. The van der Waals surface area contributed by atoms with E-state index in [0.29, 0.717) is 0 Å². The molecule has 0 unspecified atom stereocenters. The summed E-state index contributed by atoms with van der Waals surface area (Å²) in [6, 6.07) is 8.81. The average molecular weight is 271 g/mol. The van der Waals surface area contributed by atoms with Crippen molar-refractivity contribution in [2.45, 2.75) is 51.6 Å². The van der Waals surface area contributed by atoms with Crippen LogP contribution in [0.15, 0.2) is 29.8 Å². The van der Waals surface area contributed by atoms with Gasteiger partial charge in [0.05, 0.1) is 0 Å². The standard InChI is InChI=1S/C17H23OSi/c1-19(2)18-17-15-11-7-6-10-14(15)12-16(17)13-8-4-3-5-9-13/h6-7,10-11,13H,3-5,8-9,12H2,1-2H3. The quantitative estimate of drug-likeness (QED) is 0.717. The van der Waals surface area contributed by atoms with E-state index in [-0.39, 0.29) is 0 Å². The highest BCUT2D eigenvalue weighted by molar-refractivity contribution is 6.49. The van der Waals surface area contributed by atoms with Gasteiger partial charge in [0, 0.05) is 5.56 Å². The van der Waals surface area contributed by atoms with Crippen molar-refractivity contribution in [2.75, 3.05) is 0 Å². The van der Waals surface area contributed by atoms with E-state index in [9.17, 15) is 0 Å². The molecule has 2 aliphatic rings. The highest BCUT2D eigenvalue weighted by atomic mass is 28.3. The first-order valence-electron chi connectivity index (χ1n) is 7.55. The van der Waals surface area contributed by atoms with Crippen LogP contribution in [0.3, 0.4) is 0 Å². The van der Waals surface area contributed by atoms with Crippen LogP contribution in [0.2, 0.25) is 13.1 Å². The molecule has 2 aliphatic carbocycles. The fourth-order valence-corrected chi connectivity index (χ4v) is 4.11. The first-order valence-corrected chi connectivity index (χ1v) is 9.96. The van der Waals surface area contributed by atoms with Crippen LogP contribution in [0.5, 0.6) is 0 Å². The minimum atomic E-state index is -0.687. The van der Waals surface area contributed by atoms with E-state index in [1.165, 1.54) is 49.0 Å². The molecule has 1 aromatic carbocycles. The molecular weight excluding hydrogens is 248 g/mol. The van der Waals surface area contributed by atoms with Crippen molar-refractivity contribution >= 4 is 14.8 Å². The SMILES string of the molecule is C[Si](C)OC1=C(C2CCCCC2)Cc2ccccc21. The summed E-state index contributed by atoms with van der Waals surface area (Å²) < 4.78 is 6.28. The van der Waals surface area contributed by atoms with E-state index in [2.05, 4.69) is 37.4 Å². The maximum atomic E-state index is 6.28. The van der Waals surface area contributed by atoms with Crippen LogP contribution in [0.1, 0.15) is 43.2 Å². The molecule has 0 aliphatic heterocycles. The zero-order valence-electron chi connectivity index (χ0n) is 12.0. The summed E-state index contributed by atoms with van der Waals surface area (Å²) >= 11 is 0. The highest BCUT2D eigenvalue weighted by Gasteiger charge is 2.29. The monoisotopic (exact) mass is 271 g/mol. The van der Waals surface area contributed by atoms with E-state index in [4.69, 9.17) is 4.43 Å². The molecule has 0 N–H and O–H groups in total. The van der Waals surface area contributed by atoms with Crippen molar-refractivity contribution in [1.82, 2.24) is 0 Å². The van der Waals surface area contributed by atoms with E-state index in [1.807, 2.05) is 0 Å². The Morgan fingerprint density at radius 3 is 2.53 bits per heavy atom. The van der Waals surface area contributed by atoms with Gasteiger partial charge in [0.25, 0.3) is 9.04 Å². The molecule has 0 amide bonds. The van der Waals surface area contributed by atoms with Gasteiger partial charge in [-0.1, -0.05) is 43.5 Å². The van der Waals surface area contributed by atoms with Crippen LogP contribution >= 0.6 is 0 Å². The zero-order valence-corrected chi connectivity index (χ0v) is 13.0. The van der Waals surface area contributed by atoms with Crippen LogP contribution in [0, 0.1) is 5.92 Å². The molecule has 101 valence electrons. The third-order valence-corrected chi connectivity index (χ3v) is 4.95. The molecule has 0 saturated heterocycles. The van der Waals surface area contributed by atoms with Gasteiger partial charge >= 0.3 is 0 Å². The molecule has 0 heterocycles. The minimum absolute atomic E-state index is 0.687. The molecular formula is C17H23OSi. The number of hydrogen-bond acceptors (Lipinski definition) is 1. The summed E-state index contributed by atoms with van der Waals surface area (Å²) in [5.74, 6) is 2.03. The second kappa shape index (κ2) is 5.54. The third kappa shape index (κ3) is 2.64. The van der Waals surface area contributed by atoms with Crippen molar-refractivity contribution < 1.29 is 4.43 Å². The molecule has 2 heteroatoms. The maximum Gasteiger partial charge on any atom is 0.274 e. The molecule has 1 aromatic rings. The normalized spacial score (nSPS) is 19.9. The number of benzene rings is 1. The van der Waals surface area contributed by atoms with Gasteiger partial charge in [0.15, 0.2) is 0 Å². The van der Waals surface area contributed by atoms with Crippen LogP contribution in [-0.2, 0) is 10.8 Å². The number of hydrogen-bond donors (Lipinski definition) is 0. The van der Waals surface area contributed by atoms with Crippen LogP contribution in [-0.4, -0.2) is 9.04 Å². The fraction of sp³-hybridized carbons (Fsp3) is 0.529. The Labute approximate surface area is 118 Å². The number of fused-ring (bicyclic) bond motifs is 1. The Kier molecular flexibility index (Phi) is 3.78. The predicted molar refractivity (Wildman–Crippen MR) is 82.2 cm³/mol. The first-order chi connectivity index (χ1) is 9.25. The second-order valence-electron chi connectivity index (χ2n) is 6.03. The summed E-state index contributed by atoms with van der Waals surface area (Å²) in [5, 5.41) is 0. The van der Waals surface area contributed by atoms with Gasteiger partial charge in [-0.15, -0.1) is 0 Å². The van der Waals surface area contributed by atoms with Gasteiger partial charge in [-0.05, 0) is 49.4 Å². The lowest BCUT2D eigenvalue weighted by molar-refractivity contribution is 0.392. The lowest BCUT2D eigenvalue weighted by Gasteiger charge is -2.25. The first kappa shape index (κ1) is 13.0. The molecule has 0 bridgehead atoms. The molecule has 1 saturated carbocycles. The van der Waals surface area contributed by atoms with Crippen molar-refractivity contribution in [2.24, 2.45) is 5.92 Å². The van der Waals surface area contributed by atoms with Crippen LogP contribution in [0.25, 0.3) is 5.76 Å². The number of allylic oxidation sites excluding steroid dienone is 1. The van der Waals surface area contributed by atoms with Gasteiger partial charge < -0.3 is 4.43 Å². The van der Waals surface area contributed by atoms with Gasteiger partial charge in [0.1, 0.15) is 5.76 Å². The van der Waals surface area contributed by atoms with Crippen molar-refractivity contribution in [3.63, 3.8) is 0 Å². The van der Waals surface area contributed by atoms with Gasteiger partial charge in [-0.3, -0.25) is 0 Å². The molecule has 0 spiro atoms. The van der Waals surface area contributed by atoms with E-state index >= 15 is 0 Å². The largest absolute Gasteiger partial charge is 0.542 e. The van der Waals surface area contributed by atoms with Gasteiger partial charge in [-0.2, -0.15) is 0 Å². The Hall–Kier alpha value is -1.02. The van der Waals surface area contributed by atoms with Crippen LogP contribution in [0.4, 0.5) is 0 Å². The Morgan fingerprint density at radius 1 is 1.05 bits per heavy atom.